The number of ether oxygens (including phenoxy) is 1. The smallest absolute Gasteiger partial charge is 0.0714 e. The molecular weight excluding hydrogens is 164 g/mol. The molecule has 0 aromatic rings. The van der Waals surface area contributed by atoms with Crippen molar-refractivity contribution in [1.29, 1.82) is 0 Å². The molecule has 0 spiro atoms. The molecule has 1 unspecified atom stereocenters. The fourth-order valence-corrected chi connectivity index (χ4v) is 1.55. The Morgan fingerprint density at radius 2 is 2.15 bits per heavy atom. The predicted octanol–water partition coefficient (Wildman–Crippen LogP) is 1.08. The second-order valence-electron chi connectivity index (χ2n) is 2.96. The van der Waals surface area contributed by atoms with Crippen LogP contribution in [0.4, 0.5) is 0 Å². The zero-order valence-corrected chi connectivity index (χ0v) is 9.25. The Kier molecular flexibility index (Phi) is 8.40. The van der Waals surface area contributed by atoms with Gasteiger partial charge in [-0.3, -0.25) is 4.90 Å². The largest absolute Gasteiger partial charge is 0.377 e. The van der Waals surface area contributed by atoms with Gasteiger partial charge in [0, 0.05) is 32.8 Å². The van der Waals surface area contributed by atoms with E-state index < -0.39 is 0 Å². The molecule has 1 heterocycles. The lowest BCUT2D eigenvalue weighted by Gasteiger charge is -2.13. The van der Waals surface area contributed by atoms with E-state index in [1.54, 1.807) is 0 Å². The van der Waals surface area contributed by atoms with Gasteiger partial charge < -0.3 is 10.5 Å². The van der Waals surface area contributed by atoms with Crippen LogP contribution < -0.4 is 5.73 Å². The molecule has 0 bridgehead atoms. The summed E-state index contributed by atoms with van der Waals surface area (Å²) >= 11 is 0. The average Bonchev–Trinajstić information content (AvgIpc) is 2.58. The van der Waals surface area contributed by atoms with Gasteiger partial charge in [-0.25, -0.2) is 0 Å². The van der Waals surface area contributed by atoms with Crippen LogP contribution in [0, 0.1) is 0 Å². The summed E-state index contributed by atoms with van der Waals surface area (Å²) in [5, 5.41) is 0. The van der Waals surface area contributed by atoms with Gasteiger partial charge in [0.05, 0.1) is 6.10 Å². The maximum absolute atomic E-state index is 5.50. The quantitative estimate of drug-likeness (QED) is 0.717. The van der Waals surface area contributed by atoms with Crippen LogP contribution in [0.1, 0.15) is 27.2 Å². The number of hydrogen-bond donors (Lipinski definition) is 1. The lowest BCUT2D eigenvalue weighted by molar-refractivity contribution is 0.0692. The van der Waals surface area contributed by atoms with E-state index in [9.17, 15) is 0 Å². The van der Waals surface area contributed by atoms with Crippen molar-refractivity contribution in [2.75, 3.05) is 32.8 Å². The molecule has 1 rings (SSSR count). The molecule has 2 N–H and O–H groups in total. The monoisotopic (exact) mass is 188 g/mol. The molecule has 1 atom stereocenters. The number of nitrogens with zero attached hydrogens (tertiary/aromatic N) is 1. The Morgan fingerprint density at radius 1 is 1.46 bits per heavy atom. The summed E-state index contributed by atoms with van der Waals surface area (Å²) in [4.78, 5) is 2.36. The van der Waals surface area contributed by atoms with Gasteiger partial charge >= 0.3 is 0 Å². The Labute approximate surface area is 82.2 Å². The van der Waals surface area contributed by atoms with Gasteiger partial charge in [-0.2, -0.15) is 0 Å². The number of rotatable bonds is 4. The van der Waals surface area contributed by atoms with E-state index in [0.717, 1.165) is 32.8 Å². The van der Waals surface area contributed by atoms with E-state index in [1.807, 2.05) is 20.8 Å². The van der Waals surface area contributed by atoms with Gasteiger partial charge in [-0.15, -0.1) is 0 Å². The molecule has 0 radical (unpaired) electrons. The molecule has 13 heavy (non-hydrogen) atoms. The van der Waals surface area contributed by atoms with Crippen molar-refractivity contribution in [3.8, 4) is 0 Å². The summed E-state index contributed by atoms with van der Waals surface area (Å²) in [6.07, 6.45) is 1.64. The Morgan fingerprint density at radius 3 is 2.69 bits per heavy atom. The van der Waals surface area contributed by atoms with Crippen molar-refractivity contribution >= 4 is 0 Å². The summed E-state index contributed by atoms with van der Waals surface area (Å²) in [7, 11) is 0. The highest BCUT2D eigenvalue weighted by atomic mass is 16.5. The first-order valence-electron chi connectivity index (χ1n) is 5.40. The third-order valence-electron chi connectivity index (χ3n) is 2.08. The second kappa shape index (κ2) is 8.48. The first-order chi connectivity index (χ1) is 6.36. The highest BCUT2D eigenvalue weighted by molar-refractivity contribution is 4.75. The molecule has 3 nitrogen and oxygen atoms in total. The van der Waals surface area contributed by atoms with Gasteiger partial charge in [0.1, 0.15) is 0 Å². The molecule has 0 aromatic carbocycles. The van der Waals surface area contributed by atoms with Crippen LogP contribution in [0.2, 0.25) is 0 Å². The minimum Gasteiger partial charge on any atom is -0.377 e. The number of hydrogen-bond acceptors (Lipinski definition) is 3. The Hall–Kier alpha value is -0.120. The fraction of sp³-hybridized carbons (Fsp3) is 1.00. The van der Waals surface area contributed by atoms with Gasteiger partial charge in [-0.1, -0.05) is 13.8 Å². The van der Waals surface area contributed by atoms with E-state index in [1.165, 1.54) is 6.42 Å². The van der Waals surface area contributed by atoms with E-state index in [4.69, 9.17) is 10.5 Å². The first-order valence-corrected chi connectivity index (χ1v) is 5.40. The van der Waals surface area contributed by atoms with Crippen molar-refractivity contribution in [3.63, 3.8) is 0 Å². The maximum Gasteiger partial charge on any atom is 0.0714 e. The highest BCUT2D eigenvalue weighted by Gasteiger charge is 2.21. The van der Waals surface area contributed by atoms with E-state index in [0.29, 0.717) is 6.10 Å². The van der Waals surface area contributed by atoms with Crippen molar-refractivity contribution in [2.45, 2.75) is 33.3 Å². The van der Waals surface area contributed by atoms with Crippen molar-refractivity contribution in [1.82, 2.24) is 4.90 Å². The summed E-state index contributed by atoms with van der Waals surface area (Å²) in [5.74, 6) is 0. The molecule has 0 aliphatic carbocycles. The van der Waals surface area contributed by atoms with Crippen molar-refractivity contribution in [3.05, 3.63) is 0 Å². The first kappa shape index (κ1) is 12.9. The normalized spacial score (nSPS) is 22.6. The standard InChI is InChI=1S/C8H18N2O.C2H6/c1-2-11-8-3-5-10(7-8)6-4-9;1-2/h8H,2-7,9H2,1H3;1-2H3. The van der Waals surface area contributed by atoms with E-state index in [2.05, 4.69) is 4.90 Å². The average molecular weight is 188 g/mol. The third kappa shape index (κ3) is 5.24. The minimum atomic E-state index is 0.464. The van der Waals surface area contributed by atoms with Crippen molar-refractivity contribution < 1.29 is 4.74 Å². The van der Waals surface area contributed by atoms with Crippen LogP contribution >= 0.6 is 0 Å². The molecule has 0 aromatic heterocycles. The SMILES string of the molecule is CC.CCOC1CCN(CCN)C1. The molecule has 0 saturated carbocycles. The van der Waals surface area contributed by atoms with Gasteiger partial charge in [0.25, 0.3) is 0 Å². The van der Waals surface area contributed by atoms with Crippen LogP contribution in [0.3, 0.4) is 0 Å². The zero-order chi connectivity index (χ0) is 10.1. The number of likely N-dealkylation sites (tertiary alicyclic amines) is 1. The van der Waals surface area contributed by atoms with Crippen LogP contribution in [0.5, 0.6) is 0 Å². The van der Waals surface area contributed by atoms with Gasteiger partial charge in [-0.05, 0) is 13.3 Å². The molecule has 0 amide bonds. The lowest BCUT2D eigenvalue weighted by atomic mass is 10.3. The van der Waals surface area contributed by atoms with E-state index in [-0.39, 0.29) is 0 Å². The molecule has 1 fully saturated rings. The zero-order valence-electron chi connectivity index (χ0n) is 9.25. The summed E-state index contributed by atoms with van der Waals surface area (Å²) in [6, 6.07) is 0. The molecule has 1 aliphatic heterocycles. The molecular formula is C10H24N2O. The lowest BCUT2D eigenvalue weighted by Crippen LogP contribution is -2.28. The fourth-order valence-electron chi connectivity index (χ4n) is 1.55. The van der Waals surface area contributed by atoms with Crippen LogP contribution in [-0.2, 0) is 4.74 Å². The van der Waals surface area contributed by atoms with Crippen LogP contribution in [-0.4, -0.2) is 43.8 Å². The topological polar surface area (TPSA) is 38.5 Å². The molecule has 1 saturated heterocycles. The summed E-state index contributed by atoms with van der Waals surface area (Å²) < 4.78 is 5.50. The molecule has 80 valence electrons. The second-order valence-corrected chi connectivity index (χ2v) is 2.96. The third-order valence-corrected chi connectivity index (χ3v) is 2.08. The minimum absolute atomic E-state index is 0.464. The molecule has 1 aliphatic rings. The number of nitrogens with two attached hydrogens (primary N) is 1. The Balaban J connectivity index is 0.000000671. The van der Waals surface area contributed by atoms with Crippen molar-refractivity contribution in [2.24, 2.45) is 5.73 Å². The predicted molar refractivity (Wildman–Crippen MR) is 56.9 cm³/mol. The summed E-state index contributed by atoms with van der Waals surface area (Å²) in [5.41, 5.74) is 5.45. The van der Waals surface area contributed by atoms with Gasteiger partial charge in [0.15, 0.2) is 0 Å². The van der Waals surface area contributed by atoms with E-state index >= 15 is 0 Å². The molecule has 3 heteroatoms. The highest BCUT2D eigenvalue weighted by Crippen LogP contribution is 2.11. The van der Waals surface area contributed by atoms with Crippen LogP contribution in [0.25, 0.3) is 0 Å². The van der Waals surface area contributed by atoms with Gasteiger partial charge in [0.2, 0.25) is 0 Å². The Bertz CT molecular complexity index is 97.1. The van der Waals surface area contributed by atoms with Crippen LogP contribution in [0.15, 0.2) is 0 Å². The maximum atomic E-state index is 5.50. The summed E-state index contributed by atoms with van der Waals surface area (Å²) in [6.45, 7) is 10.9.